The van der Waals surface area contributed by atoms with Gasteiger partial charge in [-0.25, -0.2) is 9.78 Å². The van der Waals surface area contributed by atoms with Gasteiger partial charge in [0.25, 0.3) is 0 Å². The number of anilines is 1. The Bertz CT molecular complexity index is 367. The molecule has 0 bridgehead atoms. The van der Waals surface area contributed by atoms with Crippen LogP contribution in [-0.2, 0) is 0 Å². The predicted octanol–water partition coefficient (Wildman–Crippen LogP) is 0.234. The summed E-state index contributed by atoms with van der Waals surface area (Å²) in [5, 5.41) is 17.0. The molecule has 60 valence electrons. The van der Waals surface area contributed by atoms with Crippen molar-refractivity contribution in [2.45, 2.75) is 0 Å². The molecular weight excluding hydrogens is 158 g/mol. The second-order valence-corrected chi connectivity index (χ2v) is 2.07. The van der Waals surface area contributed by atoms with Crippen LogP contribution in [0.3, 0.4) is 0 Å². The molecule has 0 aromatic carbocycles. The lowest BCUT2D eigenvalue weighted by Crippen LogP contribution is -2.01. The van der Waals surface area contributed by atoms with Crippen molar-refractivity contribution in [3.8, 4) is 6.07 Å². The van der Waals surface area contributed by atoms with Gasteiger partial charge < -0.3 is 10.8 Å². The lowest BCUT2D eigenvalue weighted by molar-refractivity contribution is 0.0696. The molecule has 0 unspecified atom stereocenters. The van der Waals surface area contributed by atoms with Crippen molar-refractivity contribution in [2.75, 3.05) is 5.73 Å². The number of aromatic nitrogens is 1. The van der Waals surface area contributed by atoms with E-state index >= 15 is 0 Å². The fourth-order valence-electron chi connectivity index (χ4n) is 0.682. The van der Waals surface area contributed by atoms with Gasteiger partial charge >= 0.3 is 5.97 Å². The van der Waals surface area contributed by atoms with Gasteiger partial charge in [0, 0.05) is 6.20 Å². The third-order valence-electron chi connectivity index (χ3n) is 1.29. The summed E-state index contributed by atoms with van der Waals surface area (Å²) >= 11 is 0. The molecule has 5 heteroatoms. The number of carboxylic acid groups (broad SMARTS) is 1. The van der Waals surface area contributed by atoms with Crippen molar-refractivity contribution in [3.05, 3.63) is 23.4 Å². The molecule has 1 aromatic heterocycles. The van der Waals surface area contributed by atoms with Gasteiger partial charge in [0.15, 0.2) is 0 Å². The van der Waals surface area contributed by atoms with Gasteiger partial charge in [-0.1, -0.05) is 0 Å². The van der Waals surface area contributed by atoms with Gasteiger partial charge in [-0.2, -0.15) is 5.26 Å². The first-order valence-electron chi connectivity index (χ1n) is 3.04. The van der Waals surface area contributed by atoms with E-state index in [1.165, 1.54) is 6.07 Å². The molecule has 0 saturated carbocycles. The van der Waals surface area contributed by atoms with E-state index in [-0.39, 0.29) is 16.9 Å². The number of aromatic carboxylic acids is 1. The molecular formula is C7H5N3O2. The number of nitrogens with zero attached hydrogens (tertiary/aromatic N) is 2. The maximum Gasteiger partial charge on any atom is 0.337 e. The molecule has 0 saturated heterocycles. The number of nitriles is 1. The van der Waals surface area contributed by atoms with Gasteiger partial charge in [0.1, 0.15) is 11.9 Å². The Balaban J connectivity index is 3.25. The summed E-state index contributed by atoms with van der Waals surface area (Å²) in [6.07, 6.45) is 1.11. The Morgan fingerprint density at radius 1 is 1.75 bits per heavy atom. The molecule has 12 heavy (non-hydrogen) atoms. The first-order valence-corrected chi connectivity index (χ1v) is 3.04. The molecule has 0 spiro atoms. The van der Waals surface area contributed by atoms with E-state index in [1.807, 2.05) is 0 Å². The van der Waals surface area contributed by atoms with E-state index in [0.29, 0.717) is 0 Å². The highest BCUT2D eigenvalue weighted by Gasteiger charge is 2.06. The van der Waals surface area contributed by atoms with Crippen molar-refractivity contribution in [1.82, 2.24) is 4.98 Å². The summed E-state index contributed by atoms with van der Waals surface area (Å²) in [5.41, 5.74) is 5.31. The molecule has 0 aliphatic heterocycles. The largest absolute Gasteiger partial charge is 0.478 e. The summed E-state index contributed by atoms with van der Waals surface area (Å²) in [5.74, 6) is -1.08. The van der Waals surface area contributed by atoms with Crippen LogP contribution in [-0.4, -0.2) is 16.1 Å². The van der Waals surface area contributed by atoms with E-state index in [0.717, 1.165) is 6.20 Å². The van der Waals surface area contributed by atoms with Crippen LogP contribution >= 0.6 is 0 Å². The van der Waals surface area contributed by atoms with Gasteiger partial charge in [-0.05, 0) is 6.07 Å². The molecule has 0 amide bonds. The van der Waals surface area contributed by atoms with Crippen molar-refractivity contribution in [2.24, 2.45) is 0 Å². The molecule has 0 fully saturated rings. The van der Waals surface area contributed by atoms with Gasteiger partial charge in [0.2, 0.25) is 0 Å². The molecule has 0 radical (unpaired) electrons. The summed E-state index contributed by atoms with van der Waals surface area (Å²) in [4.78, 5) is 13.9. The fraction of sp³-hybridized carbons (Fsp3) is 0. The molecule has 3 N–H and O–H groups in total. The quantitative estimate of drug-likeness (QED) is 0.617. The highest BCUT2D eigenvalue weighted by molar-refractivity contribution is 5.88. The standard InChI is InChI=1S/C7H5N3O2/c8-2-4-1-5(7(11)12)3-10-6(4)9/h1,3H,(H2,9,10)(H,11,12). The Morgan fingerprint density at radius 2 is 2.42 bits per heavy atom. The number of rotatable bonds is 1. The van der Waals surface area contributed by atoms with Crippen molar-refractivity contribution >= 4 is 11.8 Å². The maximum atomic E-state index is 10.4. The first kappa shape index (κ1) is 8.01. The SMILES string of the molecule is N#Cc1cc(C(=O)O)cnc1N. The van der Waals surface area contributed by atoms with Crippen molar-refractivity contribution < 1.29 is 9.90 Å². The number of nitrogens with two attached hydrogens (primary N) is 1. The summed E-state index contributed by atoms with van der Waals surface area (Å²) in [6, 6.07) is 2.92. The van der Waals surface area contributed by atoms with E-state index < -0.39 is 5.97 Å². The topological polar surface area (TPSA) is 100 Å². The van der Waals surface area contributed by atoms with Crippen LogP contribution in [0.5, 0.6) is 0 Å². The maximum absolute atomic E-state index is 10.4. The molecule has 0 aliphatic rings. The van der Waals surface area contributed by atoms with Crippen LogP contribution in [0.4, 0.5) is 5.82 Å². The minimum atomic E-state index is -1.13. The number of pyridine rings is 1. The molecule has 0 aliphatic carbocycles. The Labute approximate surface area is 68.1 Å². The highest BCUT2D eigenvalue weighted by atomic mass is 16.4. The van der Waals surface area contributed by atoms with E-state index in [4.69, 9.17) is 16.1 Å². The molecule has 0 atom stereocenters. The van der Waals surface area contributed by atoms with E-state index in [1.54, 1.807) is 6.07 Å². The normalized spacial score (nSPS) is 8.92. The minimum absolute atomic E-state index is 0.0410. The Kier molecular flexibility index (Phi) is 1.92. The number of hydrogen-bond acceptors (Lipinski definition) is 4. The lowest BCUT2D eigenvalue weighted by atomic mass is 10.2. The lowest BCUT2D eigenvalue weighted by Gasteiger charge is -1.96. The fourth-order valence-corrected chi connectivity index (χ4v) is 0.682. The minimum Gasteiger partial charge on any atom is -0.478 e. The third-order valence-corrected chi connectivity index (χ3v) is 1.29. The zero-order valence-electron chi connectivity index (χ0n) is 5.98. The van der Waals surface area contributed by atoms with Gasteiger partial charge in [0.05, 0.1) is 11.1 Å². The van der Waals surface area contributed by atoms with Gasteiger partial charge in [-0.3, -0.25) is 0 Å². The summed E-state index contributed by atoms with van der Waals surface area (Å²) in [7, 11) is 0. The van der Waals surface area contributed by atoms with E-state index in [2.05, 4.69) is 4.98 Å². The van der Waals surface area contributed by atoms with Crippen LogP contribution in [0.15, 0.2) is 12.3 Å². The van der Waals surface area contributed by atoms with E-state index in [9.17, 15) is 4.79 Å². The predicted molar refractivity (Wildman–Crippen MR) is 40.3 cm³/mol. The smallest absolute Gasteiger partial charge is 0.337 e. The number of carbonyl (C=O) groups is 1. The van der Waals surface area contributed by atoms with Crippen molar-refractivity contribution in [3.63, 3.8) is 0 Å². The monoisotopic (exact) mass is 163 g/mol. The van der Waals surface area contributed by atoms with Crippen LogP contribution in [0.25, 0.3) is 0 Å². The second-order valence-electron chi connectivity index (χ2n) is 2.07. The molecule has 5 nitrogen and oxygen atoms in total. The summed E-state index contributed by atoms with van der Waals surface area (Å²) in [6.45, 7) is 0. The zero-order valence-corrected chi connectivity index (χ0v) is 5.98. The molecule has 1 rings (SSSR count). The van der Waals surface area contributed by atoms with Gasteiger partial charge in [-0.15, -0.1) is 0 Å². The van der Waals surface area contributed by atoms with Crippen LogP contribution in [0, 0.1) is 11.3 Å². The molecule has 1 aromatic rings. The third kappa shape index (κ3) is 1.32. The second kappa shape index (κ2) is 2.88. The average molecular weight is 163 g/mol. The molecule has 1 heterocycles. The Morgan fingerprint density at radius 3 is 2.92 bits per heavy atom. The van der Waals surface area contributed by atoms with Crippen LogP contribution < -0.4 is 5.73 Å². The number of hydrogen-bond donors (Lipinski definition) is 2. The average Bonchev–Trinajstić information content (AvgIpc) is 2.05. The number of nitrogen functional groups attached to an aromatic ring is 1. The highest BCUT2D eigenvalue weighted by Crippen LogP contribution is 2.08. The van der Waals surface area contributed by atoms with Crippen LogP contribution in [0.2, 0.25) is 0 Å². The summed E-state index contributed by atoms with van der Waals surface area (Å²) < 4.78 is 0. The zero-order chi connectivity index (χ0) is 9.14. The Hall–Kier alpha value is -2.09. The van der Waals surface area contributed by atoms with Crippen LogP contribution in [0.1, 0.15) is 15.9 Å². The first-order chi connectivity index (χ1) is 5.65. The van der Waals surface area contributed by atoms with Crippen molar-refractivity contribution in [1.29, 1.82) is 5.26 Å². The number of carboxylic acids is 1.